The van der Waals surface area contributed by atoms with Crippen LogP contribution < -0.4 is 5.73 Å². The van der Waals surface area contributed by atoms with Crippen LogP contribution in [0.25, 0.3) is 0 Å². The maximum atomic E-state index is 12.2. The number of nitrogens with two attached hydrogens (primary N) is 1. The van der Waals surface area contributed by atoms with Crippen molar-refractivity contribution in [3.05, 3.63) is 5.82 Å². The number of hydrogen-bond acceptors (Lipinski definition) is 5. The Kier molecular flexibility index (Phi) is 3.31. The Labute approximate surface area is 99.9 Å². The summed E-state index contributed by atoms with van der Waals surface area (Å²) in [5.41, 5.74) is 4.84. The number of carbonyl (C=O) groups excluding carboxylic acids is 1. The maximum Gasteiger partial charge on any atom is 0.319 e. The fourth-order valence-electron chi connectivity index (χ4n) is 2.45. The predicted molar refractivity (Wildman–Crippen MR) is 62.2 cm³/mol. The number of anilines is 1. The summed E-state index contributed by atoms with van der Waals surface area (Å²) in [5.74, 6) is 0.512. The number of aromatic amines is 1. The average molecular weight is 238 g/mol. The quantitative estimate of drug-likeness (QED) is 0.770. The molecule has 1 heterocycles. The molecule has 0 saturated heterocycles. The summed E-state index contributed by atoms with van der Waals surface area (Å²) in [6, 6.07) is 0. The van der Waals surface area contributed by atoms with Crippen molar-refractivity contribution >= 4 is 11.9 Å². The van der Waals surface area contributed by atoms with Gasteiger partial charge in [-0.2, -0.15) is 4.98 Å². The summed E-state index contributed by atoms with van der Waals surface area (Å²) >= 11 is 0. The van der Waals surface area contributed by atoms with E-state index in [0.29, 0.717) is 12.4 Å². The molecule has 0 bridgehead atoms. The molecule has 1 aromatic heterocycles. The Morgan fingerprint density at radius 2 is 2.18 bits per heavy atom. The van der Waals surface area contributed by atoms with E-state index >= 15 is 0 Å². The molecule has 1 aliphatic rings. The number of hydrogen-bond donors (Lipinski definition) is 2. The number of nitrogens with one attached hydrogen (secondary N) is 1. The maximum absolute atomic E-state index is 12.2. The molecule has 1 fully saturated rings. The fraction of sp³-hybridized carbons (Fsp3) is 0.727. The number of carbonyl (C=O) groups is 1. The summed E-state index contributed by atoms with van der Waals surface area (Å²) < 4.78 is 5.18. The Morgan fingerprint density at radius 1 is 1.47 bits per heavy atom. The van der Waals surface area contributed by atoms with Crippen molar-refractivity contribution in [3.63, 3.8) is 0 Å². The number of H-pyrrole nitrogens is 1. The highest BCUT2D eigenvalue weighted by Crippen LogP contribution is 2.39. The number of ether oxygens (including phenoxy) is 1. The summed E-state index contributed by atoms with van der Waals surface area (Å²) in [6.07, 6.45) is 4.64. The summed E-state index contributed by atoms with van der Waals surface area (Å²) in [7, 11) is 0. The van der Waals surface area contributed by atoms with E-state index in [1.54, 1.807) is 0 Å². The van der Waals surface area contributed by atoms with Gasteiger partial charge in [-0.3, -0.25) is 9.89 Å². The van der Waals surface area contributed by atoms with E-state index < -0.39 is 5.41 Å². The Bertz CT molecular complexity index is 396. The van der Waals surface area contributed by atoms with Crippen LogP contribution in [0.3, 0.4) is 0 Å². The molecule has 94 valence electrons. The van der Waals surface area contributed by atoms with Gasteiger partial charge in [0, 0.05) is 0 Å². The minimum absolute atomic E-state index is 0.175. The van der Waals surface area contributed by atoms with Gasteiger partial charge in [-0.05, 0) is 19.8 Å². The molecule has 3 N–H and O–H groups in total. The second-order valence-electron chi connectivity index (χ2n) is 4.41. The molecule has 6 nitrogen and oxygen atoms in total. The van der Waals surface area contributed by atoms with Crippen LogP contribution in [0.15, 0.2) is 0 Å². The van der Waals surface area contributed by atoms with Crippen molar-refractivity contribution in [2.45, 2.75) is 44.4 Å². The third-order valence-corrected chi connectivity index (χ3v) is 3.33. The lowest BCUT2D eigenvalue weighted by Crippen LogP contribution is -2.40. The normalized spacial score (nSPS) is 18.9. The van der Waals surface area contributed by atoms with Crippen molar-refractivity contribution < 1.29 is 9.53 Å². The summed E-state index contributed by atoms with van der Waals surface area (Å²) in [4.78, 5) is 16.3. The average Bonchev–Trinajstić information content (AvgIpc) is 2.77. The molecule has 0 radical (unpaired) electrons. The largest absolute Gasteiger partial charge is 0.465 e. The zero-order chi connectivity index (χ0) is 12.3. The van der Waals surface area contributed by atoms with E-state index in [2.05, 4.69) is 15.2 Å². The highest BCUT2D eigenvalue weighted by atomic mass is 16.5. The van der Waals surface area contributed by atoms with Crippen molar-refractivity contribution in [1.82, 2.24) is 15.2 Å². The Morgan fingerprint density at radius 3 is 2.71 bits per heavy atom. The van der Waals surface area contributed by atoms with Gasteiger partial charge in [-0.25, -0.2) is 0 Å². The van der Waals surface area contributed by atoms with E-state index in [1.165, 1.54) is 0 Å². The third kappa shape index (κ3) is 2.11. The van der Waals surface area contributed by atoms with Crippen LogP contribution in [0, 0.1) is 0 Å². The molecule has 0 aliphatic heterocycles. The highest BCUT2D eigenvalue weighted by molar-refractivity contribution is 5.82. The van der Waals surface area contributed by atoms with Gasteiger partial charge >= 0.3 is 5.97 Å². The molecule has 17 heavy (non-hydrogen) atoms. The van der Waals surface area contributed by atoms with Crippen LogP contribution in [-0.4, -0.2) is 27.8 Å². The first-order valence-electron chi connectivity index (χ1n) is 6.04. The van der Waals surface area contributed by atoms with E-state index in [9.17, 15) is 4.79 Å². The summed E-state index contributed by atoms with van der Waals surface area (Å²) in [5, 5.41) is 6.58. The van der Waals surface area contributed by atoms with Crippen molar-refractivity contribution in [2.75, 3.05) is 12.3 Å². The van der Waals surface area contributed by atoms with Gasteiger partial charge in [-0.15, -0.1) is 5.10 Å². The molecule has 0 amide bonds. The highest BCUT2D eigenvalue weighted by Gasteiger charge is 2.45. The molecule has 0 aromatic carbocycles. The van der Waals surface area contributed by atoms with Crippen LogP contribution in [0.4, 0.5) is 5.95 Å². The first-order chi connectivity index (χ1) is 8.19. The predicted octanol–water partition coefficient (Wildman–Crippen LogP) is 1.15. The van der Waals surface area contributed by atoms with E-state index in [0.717, 1.165) is 32.1 Å². The Hall–Kier alpha value is -1.59. The molecule has 2 rings (SSSR count). The van der Waals surface area contributed by atoms with E-state index in [1.807, 2.05) is 6.92 Å². The van der Waals surface area contributed by atoms with Gasteiger partial charge in [0.05, 0.1) is 6.61 Å². The smallest absolute Gasteiger partial charge is 0.319 e. The SMILES string of the molecule is CCOC(=O)C1(c2nc(N)n[nH]2)CCCCC1. The van der Waals surface area contributed by atoms with Gasteiger partial charge < -0.3 is 10.5 Å². The van der Waals surface area contributed by atoms with Gasteiger partial charge in [-0.1, -0.05) is 19.3 Å². The molecule has 0 unspecified atom stereocenters. The van der Waals surface area contributed by atoms with Crippen LogP contribution in [-0.2, 0) is 14.9 Å². The van der Waals surface area contributed by atoms with Gasteiger partial charge in [0.15, 0.2) is 0 Å². The van der Waals surface area contributed by atoms with E-state index in [4.69, 9.17) is 10.5 Å². The van der Waals surface area contributed by atoms with Crippen LogP contribution in [0.5, 0.6) is 0 Å². The topological polar surface area (TPSA) is 93.9 Å². The number of rotatable bonds is 3. The summed E-state index contributed by atoms with van der Waals surface area (Å²) in [6.45, 7) is 2.19. The monoisotopic (exact) mass is 238 g/mol. The van der Waals surface area contributed by atoms with Crippen molar-refractivity contribution in [1.29, 1.82) is 0 Å². The lowest BCUT2D eigenvalue weighted by molar-refractivity contribution is -0.152. The minimum atomic E-state index is -0.668. The lowest BCUT2D eigenvalue weighted by atomic mass is 9.73. The zero-order valence-electron chi connectivity index (χ0n) is 10.0. The molecular weight excluding hydrogens is 220 g/mol. The van der Waals surface area contributed by atoms with Crippen LogP contribution in [0.1, 0.15) is 44.9 Å². The minimum Gasteiger partial charge on any atom is -0.465 e. The molecule has 1 aromatic rings. The van der Waals surface area contributed by atoms with Crippen molar-refractivity contribution in [2.24, 2.45) is 0 Å². The molecular formula is C11H18N4O2. The number of nitrogen functional groups attached to an aromatic ring is 1. The molecule has 1 aliphatic carbocycles. The third-order valence-electron chi connectivity index (χ3n) is 3.33. The van der Waals surface area contributed by atoms with Crippen molar-refractivity contribution in [3.8, 4) is 0 Å². The number of nitrogens with zero attached hydrogens (tertiary/aromatic N) is 2. The Balaban J connectivity index is 2.32. The van der Waals surface area contributed by atoms with Gasteiger partial charge in [0.25, 0.3) is 0 Å². The van der Waals surface area contributed by atoms with E-state index in [-0.39, 0.29) is 11.9 Å². The molecule has 0 spiro atoms. The molecule has 1 saturated carbocycles. The molecule has 0 atom stereocenters. The first kappa shape index (κ1) is 11.9. The van der Waals surface area contributed by atoms with Crippen LogP contribution in [0.2, 0.25) is 0 Å². The molecule has 6 heteroatoms. The number of esters is 1. The standard InChI is InChI=1S/C11H18N4O2/c1-2-17-9(16)11(6-4-3-5-7-11)8-13-10(12)15-14-8/h2-7H2,1H3,(H3,12,13,14,15). The first-order valence-corrected chi connectivity index (χ1v) is 6.04. The number of aromatic nitrogens is 3. The lowest BCUT2D eigenvalue weighted by Gasteiger charge is -2.32. The van der Waals surface area contributed by atoms with Crippen LogP contribution >= 0.6 is 0 Å². The second-order valence-corrected chi connectivity index (χ2v) is 4.41. The zero-order valence-corrected chi connectivity index (χ0v) is 10.0. The fourth-order valence-corrected chi connectivity index (χ4v) is 2.45. The second kappa shape index (κ2) is 4.73. The van der Waals surface area contributed by atoms with Gasteiger partial charge in [0.2, 0.25) is 5.95 Å². The van der Waals surface area contributed by atoms with Gasteiger partial charge in [0.1, 0.15) is 11.2 Å².